The van der Waals surface area contributed by atoms with Gasteiger partial charge in [-0.3, -0.25) is 0 Å². The van der Waals surface area contributed by atoms with E-state index < -0.39 is 0 Å². The van der Waals surface area contributed by atoms with E-state index in [0.29, 0.717) is 17.5 Å². The van der Waals surface area contributed by atoms with Crippen molar-refractivity contribution in [3.8, 4) is 39.9 Å². The summed E-state index contributed by atoms with van der Waals surface area (Å²) in [5.74, 6) is 1.77. The number of para-hydroxylation sites is 2. The minimum absolute atomic E-state index is 0.556. The number of nitrogens with zero attached hydrogens (tertiary/aromatic N) is 4. The third kappa shape index (κ3) is 4.52. The van der Waals surface area contributed by atoms with Gasteiger partial charge in [-0.15, -0.1) is 0 Å². The first-order chi connectivity index (χ1) is 27.2. The van der Waals surface area contributed by atoms with Crippen molar-refractivity contribution in [2.24, 2.45) is 0 Å². The number of hydrogen-bond acceptors (Lipinski definition) is 5. The molecule has 0 bridgehead atoms. The highest BCUT2D eigenvalue weighted by atomic mass is 16.3. The molecule has 0 aliphatic rings. The molecule has 0 N–H and O–H groups in total. The van der Waals surface area contributed by atoms with Crippen molar-refractivity contribution < 1.29 is 8.83 Å². The van der Waals surface area contributed by atoms with Crippen LogP contribution >= 0.6 is 0 Å². The largest absolute Gasteiger partial charge is 0.456 e. The van der Waals surface area contributed by atoms with E-state index in [1.165, 1.54) is 10.8 Å². The summed E-state index contributed by atoms with van der Waals surface area (Å²) in [5.41, 5.74) is 9.17. The zero-order valence-corrected chi connectivity index (χ0v) is 29.3. The topological polar surface area (TPSA) is 69.9 Å². The lowest BCUT2D eigenvalue weighted by molar-refractivity contribution is 0.669. The average Bonchev–Trinajstić information content (AvgIpc) is 3.92. The van der Waals surface area contributed by atoms with Crippen molar-refractivity contribution in [3.05, 3.63) is 170 Å². The Morgan fingerprint density at radius 3 is 1.80 bits per heavy atom. The normalized spacial score (nSPS) is 12.0. The maximum Gasteiger partial charge on any atom is 0.167 e. The van der Waals surface area contributed by atoms with E-state index >= 15 is 0 Å². The Balaban J connectivity index is 1.13. The van der Waals surface area contributed by atoms with Crippen LogP contribution in [0.1, 0.15) is 0 Å². The second kappa shape index (κ2) is 11.5. The van der Waals surface area contributed by atoms with Crippen LogP contribution in [-0.4, -0.2) is 19.5 Å². The van der Waals surface area contributed by atoms with Gasteiger partial charge in [0.25, 0.3) is 0 Å². The van der Waals surface area contributed by atoms with Crippen LogP contribution < -0.4 is 0 Å². The highest BCUT2D eigenvalue weighted by Gasteiger charge is 2.22. The van der Waals surface area contributed by atoms with Gasteiger partial charge in [0.2, 0.25) is 0 Å². The first-order valence-electron chi connectivity index (χ1n) is 18.4. The Bertz CT molecular complexity index is 3430. The molecule has 0 aliphatic carbocycles. The third-order valence-electron chi connectivity index (χ3n) is 10.8. The zero-order chi connectivity index (χ0) is 36.0. The van der Waals surface area contributed by atoms with Crippen molar-refractivity contribution in [1.29, 1.82) is 0 Å². The van der Waals surface area contributed by atoms with Gasteiger partial charge < -0.3 is 13.4 Å². The summed E-state index contributed by atoms with van der Waals surface area (Å²) in [4.78, 5) is 15.1. The molecular formula is C49H28N4O2. The zero-order valence-electron chi connectivity index (χ0n) is 29.3. The van der Waals surface area contributed by atoms with Crippen molar-refractivity contribution in [2.75, 3.05) is 0 Å². The van der Waals surface area contributed by atoms with Crippen LogP contribution in [0.15, 0.2) is 179 Å². The lowest BCUT2D eigenvalue weighted by Gasteiger charge is -2.10. The SMILES string of the molecule is c1ccc(-c2nc(-c3ccccc3)nc(-c3cc4ccccc4c4c3oc3ccc(-n5c6ccccc6c6cc7c(cc65)oc5ccccc57)cc34)n2)cc1. The molecule has 12 rings (SSSR count). The van der Waals surface area contributed by atoms with Crippen molar-refractivity contribution in [1.82, 2.24) is 19.5 Å². The van der Waals surface area contributed by atoms with E-state index in [2.05, 4.69) is 102 Å². The van der Waals surface area contributed by atoms with Gasteiger partial charge in [0.1, 0.15) is 22.3 Å². The number of hydrogen-bond donors (Lipinski definition) is 0. The van der Waals surface area contributed by atoms with Crippen molar-refractivity contribution >= 4 is 76.5 Å². The maximum atomic E-state index is 6.85. The van der Waals surface area contributed by atoms with Crippen LogP contribution in [0.25, 0.3) is 116 Å². The highest BCUT2D eigenvalue weighted by Crippen LogP contribution is 2.43. The smallest absolute Gasteiger partial charge is 0.167 e. The number of furan rings is 2. The van der Waals surface area contributed by atoms with Gasteiger partial charge in [0.15, 0.2) is 17.5 Å². The first-order valence-corrected chi connectivity index (χ1v) is 18.4. The van der Waals surface area contributed by atoms with Gasteiger partial charge in [0, 0.05) is 55.2 Å². The van der Waals surface area contributed by atoms with Crippen LogP contribution in [0.4, 0.5) is 0 Å². The van der Waals surface area contributed by atoms with Gasteiger partial charge in [-0.2, -0.15) is 0 Å². The predicted octanol–water partition coefficient (Wildman–Crippen LogP) is 12.9. The van der Waals surface area contributed by atoms with Crippen molar-refractivity contribution in [2.45, 2.75) is 0 Å². The molecule has 256 valence electrons. The van der Waals surface area contributed by atoms with Gasteiger partial charge in [0.05, 0.1) is 16.6 Å². The molecule has 0 aliphatic heterocycles. The van der Waals surface area contributed by atoms with E-state index in [4.69, 9.17) is 23.8 Å². The summed E-state index contributed by atoms with van der Waals surface area (Å²) < 4.78 is 15.6. The molecule has 55 heavy (non-hydrogen) atoms. The molecule has 8 aromatic carbocycles. The molecule has 6 nitrogen and oxygen atoms in total. The Hall–Kier alpha value is -7.57. The molecule has 0 spiro atoms. The summed E-state index contributed by atoms with van der Waals surface area (Å²) in [6.07, 6.45) is 0. The van der Waals surface area contributed by atoms with Crippen LogP contribution in [0.3, 0.4) is 0 Å². The fourth-order valence-electron chi connectivity index (χ4n) is 8.31. The molecule has 0 saturated heterocycles. The standard InChI is InChI=1S/C49H28N4O2/c1-3-13-29(14-4-1)47-50-48(30-15-5-2-6-16-30)52-49(51-47)39-25-31-17-7-8-18-33(31)45-38-26-32(23-24-43(38)55-46(39)45)53-40-21-11-9-19-34(40)36-27-37-35-20-10-12-22-42(35)54-44(37)28-41(36)53/h1-28H. The van der Waals surface area contributed by atoms with E-state index in [0.717, 1.165) is 88.1 Å². The average molecular weight is 705 g/mol. The fourth-order valence-corrected chi connectivity index (χ4v) is 8.31. The Kier molecular flexibility index (Phi) is 6.24. The molecule has 0 radical (unpaired) electrons. The van der Waals surface area contributed by atoms with E-state index in [1.54, 1.807) is 0 Å². The first kappa shape index (κ1) is 29.9. The fraction of sp³-hybridized carbons (Fsp3) is 0. The molecule has 0 unspecified atom stereocenters. The molecule has 0 saturated carbocycles. The van der Waals surface area contributed by atoms with E-state index in [-0.39, 0.29) is 0 Å². The number of fused-ring (bicyclic) bond motifs is 11. The second-order valence-electron chi connectivity index (χ2n) is 14.0. The summed E-state index contributed by atoms with van der Waals surface area (Å²) in [5, 5.41) is 8.82. The lowest BCUT2D eigenvalue weighted by atomic mass is 9.99. The number of rotatable bonds is 4. The third-order valence-corrected chi connectivity index (χ3v) is 10.8. The highest BCUT2D eigenvalue weighted by molar-refractivity contribution is 6.23. The summed E-state index contributed by atoms with van der Waals surface area (Å²) in [6.45, 7) is 0. The van der Waals surface area contributed by atoms with Gasteiger partial charge in [-0.1, -0.05) is 121 Å². The number of aromatic nitrogens is 4. The van der Waals surface area contributed by atoms with Crippen LogP contribution in [0.5, 0.6) is 0 Å². The predicted molar refractivity (Wildman–Crippen MR) is 223 cm³/mol. The summed E-state index contributed by atoms with van der Waals surface area (Å²) >= 11 is 0. The van der Waals surface area contributed by atoms with Gasteiger partial charge >= 0.3 is 0 Å². The van der Waals surface area contributed by atoms with Crippen molar-refractivity contribution in [3.63, 3.8) is 0 Å². The second-order valence-corrected chi connectivity index (χ2v) is 14.0. The Labute approximate surface area is 313 Å². The molecule has 6 heteroatoms. The summed E-state index contributed by atoms with van der Waals surface area (Å²) in [7, 11) is 0. The van der Waals surface area contributed by atoms with Gasteiger partial charge in [-0.05, 0) is 53.2 Å². The minimum atomic E-state index is 0.556. The molecule has 12 aromatic rings. The van der Waals surface area contributed by atoms with E-state index in [1.807, 2.05) is 72.8 Å². The monoisotopic (exact) mass is 704 g/mol. The molecule has 0 amide bonds. The number of benzene rings is 8. The molecule has 0 atom stereocenters. The van der Waals surface area contributed by atoms with Crippen LogP contribution in [-0.2, 0) is 0 Å². The Morgan fingerprint density at radius 2 is 1.02 bits per heavy atom. The van der Waals surface area contributed by atoms with E-state index in [9.17, 15) is 0 Å². The lowest BCUT2D eigenvalue weighted by Crippen LogP contribution is -2.00. The van der Waals surface area contributed by atoms with Crippen LogP contribution in [0.2, 0.25) is 0 Å². The molecular weight excluding hydrogens is 677 g/mol. The minimum Gasteiger partial charge on any atom is -0.456 e. The van der Waals surface area contributed by atoms with Gasteiger partial charge in [-0.25, -0.2) is 15.0 Å². The molecule has 4 heterocycles. The maximum absolute atomic E-state index is 6.85. The summed E-state index contributed by atoms with van der Waals surface area (Å²) in [6, 6.07) is 58.5. The van der Waals surface area contributed by atoms with Crippen LogP contribution in [0, 0.1) is 0 Å². The quantitative estimate of drug-likeness (QED) is 0.182. The molecule has 4 aromatic heterocycles. The Morgan fingerprint density at radius 1 is 0.382 bits per heavy atom. The molecule has 0 fully saturated rings.